The molecule has 0 amide bonds. The first kappa shape index (κ1) is 11.1. The lowest BCUT2D eigenvalue weighted by atomic mass is 9.96. The molecule has 1 unspecified atom stereocenters. The lowest BCUT2D eigenvalue weighted by Gasteiger charge is -2.30. The van der Waals surface area contributed by atoms with Crippen LogP contribution in [0.25, 0.3) is 0 Å². The third kappa shape index (κ3) is 2.79. The minimum Gasteiger partial charge on any atom is -0.369 e. The molecule has 0 N–H and O–H groups in total. The largest absolute Gasteiger partial charge is 0.369 e. The molecule has 82 valence electrons. The Hall–Kier alpha value is -0.410. The summed E-state index contributed by atoms with van der Waals surface area (Å²) in [4.78, 5) is 0. The normalized spacial score (nSPS) is 18.5. The molecule has 1 aliphatic carbocycles. The Morgan fingerprint density at radius 1 is 1.47 bits per heavy atom. The predicted molar refractivity (Wildman–Crippen MR) is 61.7 cm³/mol. The number of ether oxygens (including phenoxy) is 1. The van der Waals surface area contributed by atoms with Crippen molar-refractivity contribution in [1.82, 2.24) is 0 Å². The van der Waals surface area contributed by atoms with Crippen LogP contribution in [0.4, 0.5) is 4.39 Å². The van der Waals surface area contributed by atoms with Crippen LogP contribution in [0.5, 0.6) is 0 Å². The molecule has 1 atom stereocenters. The minimum absolute atomic E-state index is 0.0222. The van der Waals surface area contributed by atoms with Crippen molar-refractivity contribution in [3.8, 4) is 0 Å². The van der Waals surface area contributed by atoms with Crippen molar-refractivity contribution in [2.24, 2.45) is 0 Å². The average molecular weight is 273 g/mol. The van der Waals surface area contributed by atoms with E-state index in [0.29, 0.717) is 11.4 Å². The highest BCUT2D eigenvalue weighted by Gasteiger charge is 2.23. The summed E-state index contributed by atoms with van der Waals surface area (Å²) in [6.45, 7) is 0. The lowest BCUT2D eigenvalue weighted by molar-refractivity contribution is -0.0419. The third-order valence-corrected chi connectivity index (χ3v) is 3.36. The Kier molecular flexibility index (Phi) is 3.76. The van der Waals surface area contributed by atoms with Gasteiger partial charge in [-0.2, -0.15) is 0 Å². The van der Waals surface area contributed by atoms with Gasteiger partial charge in [0, 0.05) is 5.33 Å². The van der Waals surface area contributed by atoms with Crippen LogP contribution in [-0.4, -0.2) is 11.4 Å². The van der Waals surface area contributed by atoms with Gasteiger partial charge in [0.2, 0.25) is 0 Å². The van der Waals surface area contributed by atoms with Crippen molar-refractivity contribution in [3.63, 3.8) is 0 Å². The summed E-state index contributed by atoms with van der Waals surface area (Å²) in [7, 11) is 0. The summed E-state index contributed by atoms with van der Waals surface area (Å²) in [6, 6.07) is 6.64. The highest BCUT2D eigenvalue weighted by atomic mass is 79.9. The third-order valence-electron chi connectivity index (χ3n) is 2.77. The van der Waals surface area contributed by atoms with E-state index in [-0.39, 0.29) is 11.9 Å². The Labute approximate surface area is 97.8 Å². The van der Waals surface area contributed by atoms with Crippen LogP contribution in [0.15, 0.2) is 24.3 Å². The smallest absolute Gasteiger partial charge is 0.123 e. The molecular weight excluding hydrogens is 259 g/mol. The van der Waals surface area contributed by atoms with Gasteiger partial charge in [0.15, 0.2) is 0 Å². The van der Waals surface area contributed by atoms with Crippen LogP contribution < -0.4 is 0 Å². The Balaban J connectivity index is 2.04. The number of alkyl halides is 1. The van der Waals surface area contributed by atoms with Gasteiger partial charge in [-0.25, -0.2) is 4.39 Å². The van der Waals surface area contributed by atoms with Crippen molar-refractivity contribution in [1.29, 1.82) is 0 Å². The number of hydrogen-bond donors (Lipinski definition) is 0. The SMILES string of the molecule is Fc1cccc(C(CBr)OC2CCC2)c1. The Morgan fingerprint density at radius 3 is 2.80 bits per heavy atom. The molecule has 0 radical (unpaired) electrons. The topological polar surface area (TPSA) is 9.23 Å². The van der Waals surface area contributed by atoms with Gasteiger partial charge in [-0.3, -0.25) is 0 Å². The molecule has 0 saturated heterocycles. The van der Waals surface area contributed by atoms with Gasteiger partial charge in [0.05, 0.1) is 12.2 Å². The summed E-state index contributed by atoms with van der Waals surface area (Å²) in [5, 5.41) is 0.715. The molecule has 1 fully saturated rings. The molecule has 1 nitrogen and oxygen atoms in total. The summed E-state index contributed by atoms with van der Waals surface area (Å²) in [5.41, 5.74) is 0.916. The highest BCUT2D eigenvalue weighted by Crippen LogP contribution is 2.30. The molecule has 1 aliphatic rings. The van der Waals surface area contributed by atoms with E-state index in [1.54, 1.807) is 12.1 Å². The van der Waals surface area contributed by atoms with Crippen LogP contribution in [0.2, 0.25) is 0 Å². The standard InChI is InChI=1S/C12H14BrFO/c13-8-12(15-11-5-2-6-11)9-3-1-4-10(14)7-9/h1,3-4,7,11-12H,2,5-6,8H2. The van der Waals surface area contributed by atoms with Gasteiger partial charge >= 0.3 is 0 Å². The molecule has 2 rings (SSSR count). The van der Waals surface area contributed by atoms with Crippen molar-refractivity contribution >= 4 is 15.9 Å². The fraction of sp³-hybridized carbons (Fsp3) is 0.500. The Bertz CT molecular complexity index is 325. The number of rotatable bonds is 4. The van der Waals surface area contributed by atoms with Crippen molar-refractivity contribution < 1.29 is 9.13 Å². The molecule has 3 heteroatoms. The fourth-order valence-electron chi connectivity index (χ4n) is 1.65. The van der Waals surface area contributed by atoms with Gasteiger partial charge in [-0.15, -0.1) is 0 Å². The van der Waals surface area contributed by atoms with Gasteiger partial charge < -0.3 is 4.74 Å². The van der Waals surface area contributed by atoms with E-state index >= 15 is 0 Å². The van der Waals surface area contributed by atoms with Gasteiger partial charge in [0.25, 0.3) is 0 Å². The Morgan fingerprint density at radius 2 is 2.27 bits per heavy atom. The molecule has 0 aromatic heterocycles. The first-order valence-electron chi connectivity index (χ1n) is 5.26. The molecule has 0 spiro atoms. The van der Waals surface area contributed by atoms with Crippen molar-refractivity contribution in [2.45, 2.75) is 31.5 Å². The zero-order chi connectivity index (χ0) is 10.7. The van der Waals surface area contributed by atoms with Crippen LogP contribution in [0.3, 0.4) is 0 Å². The maximum atomic E-state index is 13.0. The average Bonchev–Trinajstić information content (AvgIpc) is 2.16. The second-order valence-electron chi connectivity index (χ2n) is 3.89. The first-order chi connectivity index (χ1) is 7.29. The molecule has 1 aromatic carbocycles. The van der Waals surface area contributed by atoms with Crippen LogP contribution in [-0.2, 0) is 4.74 Å². The maximum absolute atomic E-state index is 13.0. The summed E-state index contributed by atoms with van der Waals surface area (Å²) in [5.74, 6) is -0.198. The summed E-state index contributed by atoms with van der Waals surface area (Å²) in [6.07, 6.45) is 3.88. The zero-order valence-electron chi connectivity index (χ0n) is 8.46. The van der Waals surface area contributed by atoms with Crippen molar-refractivity contribution in [2.75, 3.05) is 5.33 Å². The van der Waals surface area contributed by atoms with E-state index in [2.05, 4.69) is 15.9 Å². The van der Waals surface area contributed by atoms with Gasteiger partial charge in [0.1, 0.15) is 5.82 Å². The van der Waals surface area contributed by atoms with E-state index in [9.17, 15) is 4.39 Å². The van der Waals surface area contributed by atoms with Gasteiger partial charge in [-0.05, 0) is 37.0 Å². The molecular formula is C12H14BrFO. The van der Waals surface area contributed by atoms with E-state index in [4.69, 9.17) is 4.74 Å². The second-order valence-corrected chi connectivity index (χ2v) is 4.53. The molecule has 0 aliphatic heterocycles. The van der Waals surface area contributed by atoms with Crippen LogP contribution in [0.1, 0.15) is 30.9 Å². The van der Waals surface area contributed by atoms with E-state index < -0.39 is 0 Å². The van der Waals surface area contributed by atoms with E-state index in [0.717, 1.165) is 18.4 Å². The molecule has 0 bridgehead atoms. The highest BCUT2D eigenvalue weighted by molar-refractivity contribution is 9.09. The molecule has 1 aromatic rings. The monoisotopic (exact) mass is 272 g/mol. The van der Waals surface area contributed by atoms with Crippen LogP contribution >= 0.6 is 15.9 Å². The fourth-order valence-corrected chi connectivity index (χ4v) is 2.18. The number of benzene rings is 1. The predicted octanol–water partition coefficient (Wildman–Crippen LogP) is 3.83. The quantitative estimate of drug-likeness (QED) is 0.757. The number of hydrogen-bond acceptors (Lipinski definition) is 1. The number of halogens is 2. The van der Waals surface area contributed by atoms with E-state index in [1.807, 2.05) is 6.07 Å². The first-order valence-corrected chi connectivity index (χ1v) is 6.38. The minimum atomic E-state index is -0.198. The zero-order valence-corrected chi connectivity index (χ0v) is 10.0. The second kappa shape index (κ2) is 5.08. The van der Waals surface area contributed by atoms with Crippen molar-refractivity contribution in [3.05, 3.63) is 35.6 Å². The molecule has 15 heavy (non-hydrogen) atoms. The summed E-state index contributed by atoms with van der Waals surface area (Å²) >= 11 is 3.41. The van der Waals surface area contributed by atoms with Gasteiger partial charge in [-0.1, -0.05) is 28.1 Å². The summed E-state index contributed by atoms with van der Waals surface area (Å²) < 4.78 is 18.9. The van der Waals surface area contributed by atoms with E-state index in [1.165, 1.54) is 12.5 Å². The maximum Gasteiger partial charge on any atom is 0.123 e. The lowest BCUT2D eigenvalue weighted by Crippen LogP contribution is -2.24. The molecule has 0 heterocycles. The van der Waals surface area contributed by atoms with Crippen LogP contribution in [0, 0.1) is 5.82 Å². The molecule has 1 saturated carbocycles.